The Kier molecular flexibility index (Phi) is 8.30. The Morgan fingerprint density at radius 1 is 0.475 bits per heavy atom. The van der Waals surface area contributed by atoms with E-state index in [1.807, 2.05) is 0 Å². The molecule has 0 atom stereocenters. The van der Waals surface area contributed by atoms with Crippen LogP contribution in [0.5, 0.6) is 0 Å². The molecule has 0 saturated heterocycles. The van der Waals surface area contributed by atoms with Gasteiger partial charge in [-0.05, 0) is 111 Å². The lowest BCUT2D eigenvalue weighted by atomic mass is 9.98. The summed E-state index contributed by atoms with van der Waals surface area (Å²) >= 11 is 0. The maximum Gasteiger partial charge on any atom is 0.136 e. The second-order valence-electron chi connectivity index (χ2n) is 15.0. The largest absolute Gasteiger partial charge is 0.456 e. The van der Waals surface area contributed by atoms with Crippen LogP contribution in [0, 0.1) is 0 Å². The van der Waals surface area contributed by atoms with Gasteiger partial charge in [-0.25, -0.2) is 0 Å². The molecule has 0 amide bonds. The molecule has 0 bridgehead atoms. The molecule has 0 radical (unpaired) electrons. The fraction of sp³-hybridized carbons (Fsp3) is 0. The van der Waals surface area contributed by atoms with Gasteiger partial charge in [0.2, 0.25) is 0 Å². The first kappa shape index (κ1) is 34.4. The number of benzene rings is 9. The van der Waals surface area contributed by atoms with Crippen LogP contribution in [0.15, 0.2) is 211 Å². The van der Waals surface area contributed by atoms with Crippen molar-refractivity contribution in [1.29, 1.82) is 0 Å². The number of nitrogens with zero attached hydrogens (tertiary/aromatic N) is 2. The van der Waals surface area contributed by atoms with E-state index < -0.39 is 0 Å². The first-order valence-corrected chi connectivity index (χ1v) is 20.0. The Balaban J connectivity index is 1.08. The molecule has 3 nitrogen and oxygen atoms in total. The minimum atomic E-state index is 0.754. The standard InChI is InChI=1S/C56H38N2O/c1-2-55-50(51-35-41-17-3-4-18-42(41)36-56(51)59-55)34-31-40-16-6-10-26-52(40)57(43-32-29-39(30-33-43)47-25-13-19-38-15-5-7-22-46(38)47)44-20-14-21-45(37-44)58-53-27-11-8-23-48(53)49-24-9-12-28-54(49)58/h2-37H,1H2/b34-31+. The van der Waals surface area contributed by atoms with E-state index in [2.05, 4.69) is 228 Å². The van der Waals surface area contributed by atoms with Gasteiger partial charge in [0.05, 0.1) is 16.7 Å². The molecule has 2 aromatic heterocycles. The Labute approximate surface area is 342 Å². The lowest BCUT2D eigenvalue weighted by Crippen LogP contribution is -2.12. The molecule has 0 N–H and O–H groups in total. The maximum atomic E-state index is 6.36. The Morgan fingerprint density at radius 2 is 1.10 bits per heavy atom. The van der Waals surface area contributed by atoms with Gasteiger partial charge in [0.25, 0.3) is 0 Å². The topological polar surface area (TPSA) is 21.3 Å². The minimum absolute atomic E-state index is 0.754. The molecule has 0 aliphatic heterocycles. The van der Waals surface area contributed by atoms with E-state index in [1.165, 1.54) is 49.1 Å². The van der Waals surface area contributed by atoms with Crippen LogP contribution >= 0.6 is 0 Å². The zero-order valence-electron chi connectivity index (χ0n) is 32.3. The van der Waals surface area contributed by atoms with Gasteiger partial charge in [-0.15, -0.1) is 0 Å². The van der Waals surface area contributed by atoms with Crippen LogP contribution in [0.25, 0.3) is 89.4 Å². The molecule has 59 heavy (non-hydrogen) atoms. The third-order valence-corrected chi connectivity index (χ3v) is 11.6. The van der Waals surface area contributed by atoms with Crippen LogP contribution in [-0.4, -0.2) is 4.57 Å². The molecule has 0 saturated carbocycles. The van der Waals surface area contributed by atoms with Crippen molar-refractivity contribution in [3.8, 4) is 16.8 Å². The lowest BCUT2D eigenvalue weighted by molar-refractivity contribution is 0.604. The van der Waals surface area contributed by atoms with Crippen molar-refractivity contribution in [3.05, 3.63) is 224 Å². The number of hydrogen-bond acceptors (Lipinski definition) is 2. The Bertz CT molecular complexity index is 3360. The molecule has 2 heterocycles. The van der Waals surface area contributed by atoms with Crippen LogP contribution in [0.4, 0.5) is 17.1 Å². The SMILES string of the molecule is C=Cc1oc2cc3ccccc3cc2c1/C=C/c1ccccc1N(c1ccc(-c2cccc3ccccc23)cc1)c1cccc(-n2c3ccccc3c3ccccc32)c1. The van der Waals surface area contributed by atoms with E-state index in [9.17, 15) is 0 Å². The number of para-hydroxylation sites is 3. The van der Waals surface area contributed by atoms with Gasteiger partial charge in [-0.1, -0.05) is 152 Å². The summed E-state index contributed by atoms with van der Waals surface area (Å²) in [6.45, 7) is 4.11. The molecule has 0 aliphatic carbocycles. The molecule has 0 unspecified atom stereocenters. The Morgan fingerprint density at radius 3 is 1.86 bits per heavy atom. The van der Waals surface area contributed by atoms with Gasteiger partial charge in [0.1, 0.15) is 11.3 Å². The van der Waals surface area contributed by atoms with E-state index >= 15 is 0 Å². The van der Waals surface area contributed by atoms with E-state index in [0.29, 0.717) is 0 Å². The van der Waals surface area contributed by atoms with Crippen LogP contribution in [0.2, 0.25) is 0 Å². The fourth-order valence-electron chi connectivity index (χ4n) is 8.82. The van der Waals surface area contributed by atoms with Crippen molar-refractivity contribution in [2.45, 2.75) is 0 Å². The molecule has 278 valence electrons. The highest BCUT2D eigenvalue weighted by molar-refractivity contribution is 6.09. The summed E-state index contributed by atoms with van der Waals surface area (Å²) < 4.78 is 8.74. The average molecular weight is 755 g/mol. The summed E-state index contributed by atoms with van der Waals surface area (Å²) in [5.41, 5.74) is 11.9. The van der Waals surface area contributed by atoms with Crippen molar-refractivity contribution in [3.63, 3.8) is 0 Å². The van der Waals surface area contributed by atoms with Crippen LogP contribution < -0.4 is 4.90 Å². The van der Waals surface area contributed by atoms with E-state index in [1.54, 1.807) is 6.08 Å². The molecule has 11 aromatic rings. The molecule has 3 heteroatoms. The minimum Gasteiger partial charge on any atom is -0.456 e. The summed E-state index contributed by atoms with van der Waals surface area (Å²) in [5, 5.41) is 8.34. The molecule has 0 fully saturated rings. The third kappa shape index (κ3) is 5.91. The zero-order valence-corrected chi connectivity index (χ0v) is 32.3. The molecule has 11 rings (SSSR count). The summed E-state index contributed by atoms with van der Waals surface area (Å²) in [4.78, 5) is 2.37. The average Bonchev–Trinajstić information content (AvgIpc) is 3.82. The summed E-state index contributed by atoms with van der Waals surface area (Å²) in [6.07, 6.45) is 6.18. The van der Waals surface area contributed by atoms with Crippen molar-refractivity contribution in [2.24, 2.45) is 0 Å². The normalized spacial score (nSPS) is 11.7. The van der Waals surface area contributed by atoms with E-state index in [4.69, 9.17) is 4.42 Å². The van der Waals surface area contributed by atoms with Crippen molar-refractivity contribution >= 4 is 89.6 Å². The van der Waals surface area contributed by atoms with Crippen molar-refractivity contribution < 1.29 is 4.42 Å². The molecule has 0 aliphatic rings. The predicted molar refractivity (Wildman–Crippen MR) is 251 cm³/mol. The molecular formula is C56H38N2O. The highest BCUT2D eigenvalue weighted by Gasteiger charge is 2.19. The number of aromatic nitrogens is 1. The summed E-state index contributed by atoms with van der Waals surface area (Å²) in [7, 11) is 0. The second kappa shape index (κ2) is 14.3. The highest BCUT2D eigenvalue weighted by Crippen LogP contribution is 2.41. The van der Waals surface area contributed by atoms with Gasteiger partial charge in [-0.3, -0.25) is 0 Å². The maximum absolute atomic E-state index is 6.36. The molecular weight excluding hydrogens is 717 g/mol. The molecule has 9 aromatic carbocycles. The first-order valence-electron chi connectivity index (χ1n) is 20.0. The van der Waals surface area contributed by atoms with Crippen molar-refractivity contribution in [1.82, 2.24) is 4.57 Å². The van der Waals surface area contributed by atoms with Gasteiger partial charge in [-0.2, -0.15) is 0 Å². The second-order valence-corrected chi connectivity index (χ2v) is 15.0. The van der Waals surface area contributed by atoms with Gasteiger partial charge >= 0.3 is 0 Å². The lowest BCUT2D eigenvalue weighted by Gasteiger charge is -2.28. The smallest absolute Gasteiger partial charge is 0.136 e. The van der Waals surface area contributed by atoms with Crippen LogP contribution in [0.1, 0.15) is 16.9 Å². The fourth-order valence-corrected chi connectivity index (χ4v) is 8.82. The monoisotopic (exact) mass is 754 g/mol. The molecule has 0 spiro atoms. The van der Waals surface area contributed by atoms with E-state index in [0.717, 1.165) is 56.0 Å². The third-order valence-electron chi connectivity index (χ3n) is 11.6. The number of hydrogen-bond donors (Lipinski definition) is 0. The number of rotatable bonds is 8. The predicted octanol–water partition coefficient (Wildman–Crippen LogP) is 15.8. The van der Waals surface area contributed by atoms with Gasteiger partial charge < -0.3 is 13.9 Å². The summed E-state index contributed by atoms with van der Waals surface area (Å²) in [6, 6.07) is 71.7. The number of fused-ring (bicyclic) bond motifs is 6. The quantitative estimate of drug-likeness (QED) is 0.154. The van der Waals surface area contributed by atoms with E-state index in [-0.39, 0.29) is 0 Å². The zero-order chi connectivity index (χ0) is 39.3. The number of anilines is 3. The van der Waals surface area contributed by atoms with Crippen molar-refractivity contribution in [2.75, 3.05) is 4.90 Å². The van der Waals surface area contributed by atoms with Gasteiger partial charge in [0.15, 0.2) is 0 Å². The van der Waals surface area contributed by atoms with Crippen LogP contribution in [-0.2, 0) is 0 Å². The van der Waals surface area contributed by atoms with Gasteiger partial charge in [0, 0.05) is 38.8 Å². The highest BCUT2D eigenvalue weighted by atomic mass is 16.3. The Hall–Kier alpha value is -7.88. The van der Waals surface area contributed by atoms with Crippen LogP contribution in [0.3, 0.4) is 0 Å². The first-order chi connectivity index (χ1) is 29.2. The summed E-state index contributed by atoms with van der Waals surface area (Å²) in [5.74, 6) is 0.754. The number of furan rings is 1.